The highest BCUT2D eigenvalue weighted by Crippen LogP contribution is 2.42. The molecule has 0 spiro atoms. The number of hydrogen-bond acceptors (Lipinski definition) is 5. The van der Waals surface area contributed by atoms with Gasteiger partial charge in [0.15, 0.2) is 11.5 Å². The van der Waals surface area contributed by atoms with Crippen molar-refractivity contribution >= 4 is 5.69 Å². The van der Waals surface area contributed by atoms with Gasteiger partial charge in [-0.1, -0.05) is 19.3 Å². The standard InChI is InChI=1S/C14H20N2O4/c1-20-12-8-10(16(18)19)7-11(14(12)17)13(15)9-5-3-2-4-6-9/h7-9,13,17H,2-6,15H2,1H3/t13-/m0/s1. The van der Waals surface area contributed by atoms with Crippen LogP contribution in [0.25, 0.3) is 0 Å². The summed E-state index contributed by atoms with van der Waals surface area (Å²) in [5, 5.41) is 21.1. The highest BCUT2D eigenvalue weighted by Gasteiger charge is 2.27. The number of aromatic hydroxyl groups is 1. The van der Waals surface area contributed by atoms with Crippen LogP contribution in [0.5, 0.6) is 11.5 Å². The summed E-state index contributed by atoms with van der Waals surface area (Å²) in [5.41, 5.74) is 6.52. The van der Waals surface area contributed by atoms with Crippen molar-refractivity contribution in [3.63, 3.8) is 0 Å². The molecular weight excluding hydrogens is 260 g/mol. The molecule has 0 heterocycles. The predicted octanol–water partition coefficient (Wildman–Crippen LogP) is 2.89. The smallest absolute Gasteiger partial charge is 0.273 e. The molecule has 0 unspecified atom stereocenters. The van der Waals surface area contributed by atoms with Gasteiger partial charge in [0.25, 0.3) is 5.69 Å². The molecule has 6 heteroatoms. The van der Waals surface area contributed by atoms with Crippen molar-refractivity contribution in [2.24, 2.45) is 11.7 Å². The largest absolute Gasteiger partial charge is 0.504 e. The molecule has 0 aliphatic heterocycles. The SMILES string of the molecule is COc1cc([N+](=O)[O-])cc([C@@H](N)C2CCCCC2)c1O. The van der Waals surface area contributed by atoms with Crippen LogP contribution >= 0.6 is 0 Å². The number of benzene rings is 1. The first-order chi connectivity index (χ1) is 9.54. The summed E-state index contributed by atoms with van der Waals surface area (Å²) < 4.78 is 5.00. The molecule has 6 nitrogen and oxygen atoms in total. The summed E-state index contributed by atoms with van der Waals surface area (Å²) in [6, 6.07) is 2.17. The van der Waals surface area contributed by atoms with Crippen molar-refractivity contribution in [3.8, 4) is 11.5 Å². The van der Waals surface area contributed by atoms with Crippen molar-refractivity contribution in [1.82, 2.24) is 0 Å². The van der Waals surface area contributed by atoms with Gasteiger partial charge in [0.05, 0.1) is 18.1 Å². The molecule has 1 atom stereocenters. The second kappa shape index (κ2) is 6.09. The molecule has 0 radical (unpaired) electrons. The molecule has 110 valence electrons. The molecule has 1 aliphatic rings. The first-order valence-electron chi connectivity index (χ1n) is 6.85. The molecule has 1 fully saturated rings. The summed E-state index contributed by atoms with van der Waals surface area (Å²) in [7, 11) is 1.37. The van der Waals surface area contributed by atoms with Crippen molar-refractivity contribution in [2.75, 3.05) is 7.11 Å². The lowest BCUT2D eigenvalue weighted by Gasteiger charge is -2.28. The molecular formula is C14H20N2O4. The van der Waals surface area contributed by atoms with E-state index >= 15 is 0 Å². The van der Waals surface area contributed by atoms with Gasteiger partial charge < -0.3 is 15.6 Å². The molecule has 1 saturated carbocycles. The van der Waals surface area contributed by atoms with E-state index in [9.17, 15) is 15.2 Å². The molecule has 2 rings (SSSR count). The number of nitrogens with two attached hydrogens (primary N) is 1. The predicted molar refractivity (Wildman–Crippen MR) is 74.8 cm³/mol. The second-order valence-corrected chi connectivity index (χ2v) is 5.27. The van der Waals surface area contributed by atoms with Crippen LogP contribution in [0.15, 0.2) is 12.1 Å². The lowest BCUT2D eigenvalue weighted by atomic mass is 9.81. The van der Waals surface area contributed by atoms with E-state index in [0.29, 0.717) is 5.56 Å². The number of hydrogen-bond donors (Lipinski definition) is 2. The topological polar surface area (TPSA) is 98.6 Å². The average molecular weight is 280 g/mol. The van der Waals surface area contributed by atoms with Gasteiger partial charge in [0.1, 0.15) is 0 Å². The van der Waals surface area contributed by atoms with Gasteiger partial charge in [-0.3, -0.25) is 10.1 Å². The van der Waals surface area contributed by atoms with Gasteiger partial charge in [-0.25, -0.2) is 0 Å². The fourth-order valence-electron chi connectivity index (χ4n) is 2.88. The van der Waals surface area contributed by atoms with Gasteiger partial charge in [-0.2, -0.15) is 0 Å². The molecule has 1 aliphatic carbocycles. The maximum absolute atomic E-state index is 11.0. The zero-order valence-electron chi connectivity index (χ0n) is 11.5. The van der Waals surface area contributed by atoms with E-state index in [1.807, 2.05) is 0 Å². The number of phenols is 1. The summed E-state index contributed by atoms with van der Waals surface area (Å²) in [4.78, 5) is 10.5. The monoisotopic (exact) mass is 280 g/mol. The van der Waals surface area contributed by atoms with Crippen LogP contribution in [0, 0.1) is 16.0 Å². The Balaban J connectivity index is 2.37. The van der Waals surface area contributed by atoms with Crippen molar-refractivity contribution in [2.45, 2.75) is 38.1 Å². The minimum atomic E-state index is -0.501. The van der Waals surface area contributed by atoms with Crippen LogP contribution in [0.1, 0.15) is 43.7 Å². The molecule has 0 saturated heterocycles. The minimum absolute atomic E-state index is 0.0869. The van der Waals surface area contributed by atoms with Gasteiger partial charge in [0.2, 0.25) is 0 Å². The summed E-state index contributed by atoms with van der Waals surface area (Å²) >= 11 is 0. The molecule has 20 heavy (non-hydrogen) atoms. The van der Waals surface area contributed by atoms with Crippen LogP contribution in [-0.2, 0) is 0 Å². The summed E-state index contributed by atoms with van der Waals surface area (Å²) in [6.07, 6.45) is 5.42. The van der Waals surface area contributed by atoms with Gasteiger partial charge in [0, 0.05) is 17.7 Å². The molecule has 3 N–H and O–H groups in total. The summed E-state index contributed by atoms with van der Waals surface area (Å²) in [6.45, 7) is 0. The van der Waals surface area contributed by atoms with Crippen LogP contribution in [0.4, 0.5) is 5.69 Å². The molecule has 0 aromatic heterocycles. The van der Waals surface area contributed by atoms with Crippen LogP contribution < -0.4 is 10.5 Å². The first kappa shape index (κ1) is 14.6. The van der Waals surface area contributed by atoms with E-state index in [1.54, 1.807) is 0 Å². The molecule has 1 aromatic carbocycles. The quantitative estimate of drug-likeness (QED) is 0.652. The van der Waals surface area contributed by atoms with E-state index in [-0.39, 0.29) is 23.1 Å². The first-order valence-corrected chi connectivity index (χ1v) is 6.85. The van der Waals surface area contributed by atoms with Gasteiger partial charge in [-0.15, -0.1) is 0 Å². The number of rotatable bonds is 4. The number of non-ortho nitro benzene ring substituents is 1. The van der Waals surface area contributed by atoms with E-state index in [0.717, 1.165) is 25.7 Å². The third-order valence-corrected chi connectivity index (χ3v) is 4.04. The van der Waals surface area contributed by atoms with E-state index in [1.165, 1.54) is 25.7 Å². The van der Waals surface area contributed by atoms with Crippen molar-refractivity contribution in [3.05, 3.63) is 27.8 Å². The molecule has 0 bridgehead atoms. The van der Waals surface area contributed by atoms with Crippen LogP contribution in [0.3, 0.4) is 0 Å². The molecule has 1 aromatic rings. The fraction of sp³-hybridized carbons (Fsp3) is 0.571. The normalized spacial score (nSPS) is 17.7. The Kier molecular flexibility index (Phi) is 4.44. The minimum Gasteiger partial charge on any atom is -0.504 e. The lowest BCUT2D eigenvalue weighted by molar-refractivity contribution is -0.385. The summed E-state index contributed by atoms with van der Waals surface area (Å²) in [5.74, 6) is 0.262. The Bertz CT molecular complexity index is 498. The van der Waals surface area contributed by atoms with Gasteiger partial charge in [-0.05, 0) is 18.8 Å². The van der Waals surface area contributed by atoms with Crippen LogP contribution in [0.2, 0.25) is 0 Å². The Morgan fingerprint density at radius 1 is 1.40 bits per heavy atom. The maximum Gasteiger partial charge on any atom is 0.273 e. The number of methoxy groups -OCH3 is 1. The van der Waals surface area contributed by atoms with E-state index < -0.39 is 11.0 Å². The highest BCUT2D eigenvalue weighted by molar-refractivity contribution is 5.54. The third kappa shape index (κ3) is 2.85. The fourth-order valence-corrected chi connectivity index (χ4v) is 2.88. The van der Waals surface area contributed by atoms with E-state index in [2.05, 4.69) is 0 Å². The zero-order valence-corrected chi connectivity index (χ0v) is 11.5. The lowest BCUT2D eigenvalue weighted by Crippen LogP contribution is -2.23. The van der Waals surface area contributed by atoms with Crippen LogP contribution in [-0.4, -0.2) is 17.1 Å². The number of nitro benzene ring substituents is 1. The average Bonchev–Trinajstić information content (AvgIpc) is 2.47. The number of nitro groups is 1. The Morgan fingerprint density at radius 2 is 2.05 bits per heavy atom. The zero-order chi connectivity index (χ0) is 14.7. The highest BCUT2D eigenvalue weighted by atomic mass is 16.6. The Morgan fingerprint density at radius 3 is 2.60 bits per heavy atom. The Hall–Kier alpha value is -1.82. The van der Waals surface area contributed by atoms with Gasteiger partial charge >= 0.3 is 0 Å². The third-order valence-electron chi connectivity index (χ3n) is 4.04. The van der Waals surface area contributed by atoms with Crippen molar-refractivity contribution < 1.29 is 14.8 Å². The molecule has 0 amide bonds. The Labute approximate surface area is 117 Å². The number of ether oxygens (including phenoxy) is 1. The second-order valence-electron chi connectivity index (χ2n) is 5.27. The van der Waals surface area contributed by atoms with E-state index in [4.69, 9.17) is 10.5 Å². The number of nitrogens with zero attached hydrogens (tertiary/aromatic N) is 1. The van der Waals surface area contributed by atoms with Crippen molar-refractivity contribution in [1.29, 1.82) is 0 Å². The maximum atomic E-state index is 11.0. The number of phenolic OH excluding ortho intramolecular Hbond substituents is 1.